The monoisotopic (exact) mass is 369 g/mol. The molecule has 6 nitrogen and oxygen atoms in total. The molecule has 0 saturated carbocycles. The molecule has 0 radical (unpaired) electrons. The summed E-state index contributed by atoms with van der Waals surface area (Å²) in [7, 11) is 0. The summed E-state index contributed by atoms with van der Waals surface area (Å²) in [6.45, 7) is 9.72. The van der Waals surface area contributed by atoms with Gasteiger partial charge in [-0.1, -0.05) is 32.1 Å². The van der Waals surface area contributed by atoms with Gasteiger partial charge in [0, 0.05) is 31.6 Å². The first-order chi connectivity index (χ1) is 12.8. The van der Waals surface area contributed by atoms with Crippen LogP contribution in [0, 0.1) is 5.41 Å². The molecule has 3 rings (SSSR count). The lowest BCUT2D eigenvalue weighted by atomic mass is 9.86. The van der Waals surface area contributed by atoms with Crippen molar-refractivity contribution in [1.29, 1.82) is 0 Å². The third-order valence-electron chi connectivity index (χ3n) is 5.40. The van der Waals surface area contributed by atoms with Gasteiger partial charge in [-0.2, -0.15) is 0 Å². The molecule has 0 aromatic heterocycles. The highest BCUT2D eigenvalue weighted by atomic mass is 16.2. The number of rotatable bonds is 5. The standard InChI is InChI=1S/C21H27N3O3/c1-4-5-9-21(2,3)20(27)24-12-10-23(11-13-24)19(26)16-8-6-7-15-14-17(25)22-18(15)16/h4,6-8H,1,5,9-14H2,2-3H3,(H,22,25). The molecule has 0 atom stereocenters. The average Bonchev–Trinajstić information content (AvgIpc) is 3.05. The molecular formula is C21H27N3O3. The third-order valence-corrected chi connectivity index (χ3v) is 5.40. The van der Waals surface area contributed by atoms with E-state index in [9.17, 15) is 14.4 Å². The molecular weight excluding hydrogens is 342 g/mol. The Morgan fingerprint density at radius 3 is 2.52 bits per heavy atom. The molecule has 1 aromatic rings. The summed E-state index contributed by atoms with van der Waals surface area (Å²) in [4.78, 5) is 41.0. The van der Waals surface area contributed by atoms with E-state index in [0.29, 0.717) is 43.9 Å². The molecule has 27 heavy (non-hydrogen) atoms. The van der Waals surface area contributed by atoms with Gasteiger partial charge in [-0.3, -0.25) is 14.4 Å². The van der Waals surface area contributed by atoms with E-state index < -0.39 is 5.41 Å². The summed E-state index contributed by atoms with van der Waals surface area (Å²) in [5.74, 6) is -0.0428. The molecule has 3 amide bonds. The fraction of sp³-hybridized carbons (Fsp3) is 0.476. The van der Waals surface area contributed by atoms with E-state index in [1.807, 2.05) is 37.0 Å². The van der Waals surface area contributed by atoms with Gasteiger partial charge < -0.3 is 15.1 Å². The molecule has 1 fully saturated rings. The Morgan fingerprint density at radius 2 is 1.85 bits per heavy atom. The molecule has 2 aliphatic heterocycles. The minimum absolute atomic E-state index is 0.0811. The molecule has 0 bridgehead atoms. The highest BCUT2D eigenvalue weighted by Gasteiger charge is 2.34. The highest BCUT2D eigenvalue weighted by molar-refractivity contribution is 6.08. The maximum absolute atomic E-state index is 12.9. The summed E-state index contributed by atoms with van der Waals surface area (Å²) >= 11 is 0. The smallest absolute Gasteiger partial charge is 0.256 e. The maximum Gasteiger partial charge on any atom is 0.256 e. The quantitative estimate of drug-likeness (QED) is 0.811. The Bertz CT molecular complexity index is 777. The Hall–Kier alpha value is -2.63. The number of carbonyl (C=O) groups excluding carboxylic acids is 3. The fourth-order valence-corrected chi connectivity index (χ4v) is 3.71. The van der Waals surface area contributed by atoms with Crippen LogP contribution >= 0.6 is 0 Å². The first kappa shape index (κ1) is 19.1. The molecule has 1 saturated heterocycles. The highest BCUT2D eigenvalue weighted by Crippen LogP contribution is 2.29. The molecule has 6 heteroatoms. The number of nitrogens with zero attached hydrogens (tertiary/aromatic N) is 2. The second-order valence-corrected chi connectivity index (χ2v) is 7.86. The maximum atomic E-state index is 12.9. The molecule has 1 aromatic carbocycles. The zero-order valence-electron chi connectivity index (χ0n) is 16.1. The minimum atomic E-state index is -0.426. The normalized spacial score (nSPS) is 16.7. The predicted molar refractivity (Wildman–Crippen MR) is 104 cm³/mol. The van der Waals surface area contributed by atoms with Crippen LogP contribution in [0.25, 0.3) is 0 Å². The van der Waals surface area contributed by atoms with Crippen molar-refractivity contribution in [2.75, 3.05) is 31.5 Å². The zero-order valence-corrected chi connectivity index (χ0v) is 16.1. The number of amides is 3. The number of piperazine rings is 1. The van der Waals surface area contributed by atoms with Crippen LogP contribution < -0.4 is 5.32 Å². The van der Waals surface area contributed by atoms with Crippen molar-refractivity contribution in [3.63, 3.8) is 0 Å². The lowest BCUT2D eigenvalue weighted by molar-refractivity contribution is -0.142. The van der Waals surface area contributed by atoms with Gasteiger partial charge in [-0.05, 0) is 24.5 Å². The van der Waals surface area contributed by atoms with E-state index in [4.69, 9.17) is 0 Å². The van der Waals surface area contributed by atoms with Crippen molar-refractivity contribution in [3.8, 4) is 0 Å². The first-order valence-corrected chi connectivity index (χ1v) is 9.45. The number of nitrogens with one attached hydrogen (secondary N) is 1. The van der Waals surface area contributed by atoms with Gasteiger partial charge in [0.25, 0.3) is 5.91 Å². The first-order valence-electron chi connectivity index (χ1n) is 9.45. The van der Waals surface area contributed by atoms with E-state index in [1.54, 1.807) is 11.0 Å². The number of allylic oxidation sites excluding steroid dienone is 1. The van der Waals surface area contributed by atoms with Crippen molar-refractivity contribution < 1.29 is 14.4 Å². The van der Waals surface area contributed by atoms with Crippen LogP contribution in [-0.2, 0) is 16.0 Å². The van der Waals surface area contributed by atoms with Crippen molar-refractivity contribution in [2.45, 2.75) is 33.1 Å². The number of carbonyl (C=O) groups is 3. The topological polar surface area (TPSA) is 69.7 Å². The van der Waals surface area contributed by atoms with Crippen LogP contribution in [-0.4, -0.2) is 53.7 Å². The van der Waals surface area contributed by atoms with Crippen molar-refractivity contribution in [1.82, 2.24) is 9.80 Å². The van der Waals surface area contributed by atoms with Gasteiger partial charge in [0.1, 0.15) is 0 Å². The lowest BCUT2D eigenvalue weighted by Gasteiger charge is -2.38. The van der Waals surface area contributed by atoms with Gasteiger partial charge in [-0.25, -0.2) is 0 Å². The second-order valence-electron chi connectivity index (χ2n) is 7.86. The van der Waals surface area contributed by atoms with E-state index in [0.717, 1.165) is 18.4 Å². The number of para-hydroxylation sites is 1. The number of anilines is 1. The Morgan fingerprint density at radius 1 is 1.19 bits per heavy atom. The zero-order chi connectivity index (χ0) is 19.6. The van der Waals surface area contributed by atoms with Gasteiger partial charge >= 0.3 is 0 Å². The summed E-state index contributed by atoms with van der Waals surface area (Å²) in [5.41, 5.74) is 1.61. The van der Waals surface area contributed by atoms with E-state index in [-0.39, 0.29) is 17.7 Å². The van der Waals surface area contributed by atoms with Gasteiger partial charge in [0.05, 0.1) is 17.7 Å². The van der Waals surface area contributed by atoms with Crippen LogP contribution in [0.15, 0.2) is 30.9 Å². The third kappa shape index (κ3) is 3.89. The van der Waals surface area contributed by atoms with Gasteiger partial charge in [-0.15, -0.1) is 6.58 Å². The molecule has 144 valence electrons. The Balaban J connectivity index is 1.64. The number of fused-ring (bicyclic) bond motifs is 1. The second kappa shape index (κ2) is 7.55. The summed E-state index contributed by atoms with van der Waals surface area (Å²) < 4.78 is 0. The molecule has 0 spiro atoms. The van der Waals surface area contributed by atoms with Crippen LogP contribution in [0.4, 0.5) is 5.69 Å². The van der Waals surface area contributed by atoms with Crippen molar-refractivity contribution in [2.24, 2.45) is 5.41 Å². The molecule has 0 aliphatic carbocycles. The van der Waals surface area contributed by atoms with Crippen molar-refractivity contribution >= 4 is 23.4 Å². The average molecular weight is 369 g/mol. The van der Waals surface area contributed by atoms with E-state index in [1.165, 1.54) is 0 Å². The van der Waals surface area contributed by atoms with Crippen LogP contribution in [0.5, 0.6) is 0 Å². The minimum Gasteiger partial charge on any atom is -0.339 e. The summed E-state index contributed by atoms with van der Waals surface area (Å²) in [6, 6.07) is 5.43. The number of benzene rings is 1. The Labute approximate surface area is 160 Å². The lowest BCUT2D eigenvalue weighted by Crippen LogP contribution is -2.53. The van der Waals surface area contributed by atoms with Gasteiger partial charge in [0.2, 0.25) is 11.8 Å². The summed E-state index contributed by atoms with van der Waals surface area (Å²) in [5, 5.41) is 2.79. The SMILES string of the molecule is C=CCCC(C)(C)C(=O)N1CCN(C(=O)c2cccc3c2NC(=O)C3)CC1. The van der Waals surface area contributed by atoms with Crippen LogP contribution in [0.3, 0.4) is 0 Å². The largest absolute Gasteiger partial charge is 0.339 e. The number of hydrogen-bond acceptors (Lipinski definition) is 3. The van der Waals surface area contributed by atoms with Crippen LogP contribution in [0.1, 0.15) is 42.6 Å². The Kier molecular flexibility index (Phi) is 5.35. The number of hydrogen-bond donors (Lipinski definition) is 1. The summed E-state index contributed by atoms with van der Waals surface area (Å²) in [6.07, 6.45) is 3.73. The molecule has 1 N–H and O–H groups in total. The predicted octanol–water partition coefficient (Wildman–Crippen LogP) is 2.46. The molecule has 2 aliphatic rings. The molecule has 2 heterocycles. The molecule has 0 unspecified atom stereocenters. The van der Waals surface area contributed by atoms with E-state index in [2.05, 4.69) is 11.9 Å². The fourth-order valence-electron chi connectivity index (χ4n) is 3.71. The van der Waals surface area contributed by atoms with Gasteiger partial charge in [0.15, 0.2) is 0 Å². The van der Waals surface area contributed by atoms with E-state index >= 15 is 0 Å². The van der Waals surface area contributed by atoms with Crippen molar-refractivity contribution in [3.05, 3.63) is 42.0 Å². The van der Waals surface area contributed by atoms with Crippen LogP contribution in [0.2, 0.25) is 0 Å².